The molecule has 0 amide bonds. The average Bonchev–Trinajstić information content (AvgIpc) is 2.93. The Morgan fingerprint density at radius 1 is 1.14 bits per heavy atom. The summed E-state index contributed by atoms with van der Waals surface area (Å²) in [5.74, 6) is 1.90. The van der Waals surface area contributed by atoms with Gasteiger partial charge in [0.2, 0.25) is 11.9 Å². The summed E-state index contributed by atoms with van der Waals surface area (Å²) in [5.41, 5.74) is 0.918. The van der Waals surface area contributed by atoms with Gasteiger partial charge in [0.15, 0.2) is 5.82 Å². The van der Waals surface area contributed by atoms with Gasteiger partial charge in [-0.2, -0.15) is 20.1 Å². The van der Waals surface area contributed by atoms with E-state index in [1.54, 1.807) is 6.20 Å². The number of nitrogens with zero attached hydrogens (tertiary/aromatic N) is 6. The van der Waals surface area contributed by atoms with Crippen molar-refractivity contribution in [2.45, 2.75) is 33.2 Å². The van der Waals surface area contributed by atoms with E-state index in [-0.39, 0.29) is 0 Å². The number of nitrogens with one attached hydrogen (secondary N) is 1. The molecule has 0 aliphatic heterocycles. The molecule has 7 nitrogen and oxygen atoms in total. The van der Waals surface area contributed by atoms with Crippen molar-refractivity contribution >= 4 is 11.9 Å². The van der Waals surface area contributed by atoms with Gasteiger partial charge in [-0.05, 0) is 18.9 Å². The van der Waals surface area contributed by atoms with Crippen LogP contribution in [0.3, 0.4) is 0 Å². The first-order valence-electron chi connectivity index (χ1n) is 7.35. The van der Waals surface area contributed by atoms with E-state index >= 15 is 0 Å². The molecule has 0 radical (unpaired) electrons. The number of hydrogen-bond acceptors (Lipinski definition) is 6. The lowest BCUT2D eigenvalue weighted by Gasteiger charge is -2.14. The Balaban J connectivity index is 2.41. The molecule has 0 saturated heterocycles. The fraction of sp³-hybridized carbons (Fsp3) is 0.571. The van der Waals surface area contributed by atoms with E-state index in [4.69, 9.17) is 0 Å². The standard InChI is InChI=1S/C14H23N7/c1-5-8-15-13-17-12(18-14(19-13)20(3)4)11-7-9-16-21(11)10-6-2/h7,9H,5-6,8,10H2,1-4H3,(H,15,17,18,19). The van der Waals surface area contributed by atoms with E-state index in [1.807, 2.05) is 29.7 Å². The van der Waals surface area contributed by atoms with Crippen molar-refractivity contribution in [3.63, 3.8) is 0 Å². The topological polar surface area (TPSA) is 71.8 Å². The molecule has 0 bridgehead atoms. The Morgan fingerprint density at radius 2 is 1.95 bits per heavy atom. The molecular weight excluding hydrogens is 266 g/mol. The molecule has 2 heterocycles. The van der Waals surface area contributed by atoms with Crippen molar-refractivity contribution in [2.75, 3.05) is 30.9 Å². The summed E-state index contributed by atoms with van der Waals surface area (Å²) in [6.45, 7) is 5.92. The van der Waals surface area contributed by atoms with E-state index in [0.717, 1.165) is 31.6 Å². The Morgan fingerprint density at radius 3 is 2.62 bits per heavy atom. The van der Waals surface area contributed by atoms with Crippen molar-refractivity contribution in [1.82, 2.24) is 24.7 Å². The van der Waals surface area contributed by atoms with Crippen LogP contribution in [0.5, 0.6) is 0 Å². The Bertz CT molecular complexity index is 576. The third-order valence-electron chi connectivity index (χ3n) is 2.94. The van der Waals surface area contributed by atoms with Crippen molar-refractivity contribution in [3.05, 3.63) is 12.3 Å². The fourth-order valence-corrected chi connectivity index (χ4v) is 1.91. The molecule has 0 spiro atoms. The van der Waals surface area contributed by atoms with E-state index in [0.29, 0.717) is 17.7 Å². The van der Waals surface area contributed by atoms with E-state index in [1.165, 1.54) is 0 Å². The first-order valence-corrected chi connectivity index (χ1v) is 7.35. The lowest BCUT2D eigenvalue weighted by molar-refractivity contribution is 0.606. The molecule has 0 fully saturated rings. The van der Waals surface area contributed by atoms with Crippen LogP contribution in [-0.2, 0) is 6.54 Å². The molecule has 114 valence electrons. The first-order chi connectivity index (χ1) is 10.2. The van der Waals surface area contributed by atoms with Gasteiger partial charge in [-0.3, -0.25) is 4.68 Å². The van der Waals surface area contributed by atoms with E-state index < -0.39 is 0 Å². The second kappa shape index (κ2) is 7.01. The molecule has 21 heavy (non-hydrogen) atoms. The molecular formula is C14H23N7. The third kappa shape index (κ3) is 3.68. The molecule has 0 aliphatic rings. The number of anilines is 2. The zero-order chi connectivity index (χ0) is 15.2. The monoisotopic (exact) mass is 289 g/mol. The third-order valence-corrected chi connectivity index (χ3v) is 2.94. The summed E-state index contributed by atoms with van der Waals surface area (Å²) in [5, 5.41) is 7.56. The zero-order valence-electron chi connectivity index (χ0n) is 13.2. The highest BCUT2D eigenvalue weighted by Gasteiger charge is 2.13. The lowest BCUT2D eigenvalue weighted by atomic mass is 10.4. The van der Waals surface area contributed by atoms with Crippen molar-refractivity contribution in [3.8, 4) is 11.5 Å². The summed E-state index contributed by atoms with van der Waals surface area (Å²) >= 11 is 0. The van der Waals surface area contributed by atoms with Gasteiger partial charge in [0, 0.05) is 33.4 Å². The molecule has 0 saturated carbocycles. The van der Waals surface area contributed by atoms with Crippen LogP contribution in [0.2, 0.25) is 0 Å². The first kappa shape index (κ1) is 15.2. The van der Waals surface area contributed by atoms with Gasteiger partial charge in [-0.25, -0.2) is 0 Å². The van der Waals surface area contributed by atoms with E-state index in [2.05, 4.69) is 39.2 Å². The Labute approximate surface area is 125 Å². The molecule has 2 aromatic heterocycles. The average molecular weight is 289 g/mol. The lowest BCUT2D eigenvalue weighted by Crippen LogP contribution is -2.16. The summed E-state index contributed by atoms with van der Waals surface area (Å²) in [7, 11) is 3.85. The number of aromatic nitrogens is 5. The second-order valence-corrected chi connectivity index (χ2v) is 5.04. The van der Waals surface area contributed by atoms with Gasteiger partial charge in [0.1, 0.15) is 5.69 Å². The maximum absolute atomic E-state index is 4.53. The number of rotatable bonds is 7. The summed E-state index contributed by atoms with van der Waals surface area (Å²) in [6.07, 6.45) is 3.82. The van der Waals surface area contributed by atoms with E-state index in [9.17, 15) is 0 Å². The number of hydrogen-bond donors (Lipinski definition) is 1. The smallest absolute Gasteiger partial charge is 0.230 e. The molecule has 1 N–H and O–H groups in total. The van der Waals surface area contributed by atoms with Crippen molar-refractivity contribution in [1.29, 1.82) is 0 Å². The minimum atomic E-state index is 0.606. The van der Waals surface area contributed by atoms with Gasteiger partial charge in [0.25, 0.3) is 0 Å². The highest BCUT2D eigenvalue weighted by Crippen LogP contribution is 2.19. The summed E-state index contributed by atoms with van der Waals surface area (Å²) in [4.78, 5) is 15.3. The van der Waals surface area contributed by atoms with Crippen LogP contribution in [0.25, 0.3) is 11.5 Å². The van der Waals surface area contributed by atoms with Gasteiger partial charge in [-0.1, -0.05) is 13.8 Å². The van der Waals surface area contributed by atoms with Crippen molar-refractivity contribution in [2.24, 2.45) is 0 Å². The summed E-state index contributed by atoms with van der Waals surface area (Å²) < 4.78 is 1.93. The van der Waals surface area contributed by atoms with Gasteiger partial charge < -0.3 is 10.2 Å². The highest BCUT2D eigenvalue weighted by molar-refractivity contribution is 5.54. The molecule has 2 rings (SSSR count). The van der Waals surface area contributed by atoms with Gasteiger partial charge >= 0.3 is 0 Å². The van der Waals surface area contributed by atoms with Crippen LogP contribution in [0.4, 0.5) is 11.9 Å². The second-order valence-electron chi connectivity index (χ2n) is 5.04. The molecule has 0 aromatic carbocycles. The highest BCUT2D eigenvalue weighted by atomic mass is 15.3. The molecule has 0 aliphatic carbocycles. The maximum atomic E-state index is 4.53. The molecule has 0 atom stereocenters. The quantitative estimate of drug-likeness (QED) is 0.841. The molecule has 7 heteroatoms. The van der Waals surface area contributed by atoms with Crippen LogP contribution < -0.4 is 10.2 Å². The van der Waals surface area contributed by atoms with Crippen LogP contribution in [0.1, 0.15) is 26.7 Å². The normalized spacial score (nSPS) is 10.7. The molecule has 2 aromatic rings. The van der Waals surface area contributed by atoms with Crippen LogP contribution in [-0.4, -0.2) is 45.4 Å². The maximum Gasteiger partial charge on any atom is 0.230 e. The molecule has 0 unspecified atom stereocenters. The summed E-state index contributed by atoms with van der Waals surface area (Å²) in [6, 6.07) is 1.94. The Kier molecular flexibility index (Phi) is 5.08. The van der Waals surface area contributed by atoms with Gasteiger partial charge in [-0.15, -0.1) is 0 Å². The SMILES string of the molecule is CCCNc1nc(-c2ccnn2CCC)nc(N(C)C)n1. The van der Waals surface area contributed by atoms with Crippen LogP contribution >= 0.6 is 0 Å². The predicted octanol–water partition coefficient (Wildman–Crippen LogP) is 2.03. The largest absolute Gasteiger partial charge is 0.354 e. The van der Waals surface area contributed by atoms with Crippen molar-refractivity contribution < 1.29 is 0 Å². The Hall–Kier alpha value is -2.18. The predicted molar refractivity (Wildman–Crippen MR) is 84.4 cm³/mol. The van der Waals surface area contributed by atoms with Gasteiger partial charge in [0.05, 0.1) is 0 Å². The number of aryl methyl sites for hydroxylation is 1. The fourth-order valence-electron chi connectivity index (χ4n) is 1.91. The van der Waals surface area contributed by atoms with Crippen LogP contribution in [0, 0.1) is 0 Å². The zero-order valence-corrected chi connectivity index (χ0v) is 13.2. The minimum absolute atomic E-state index is 0.606. The minimum Gasteiger partial charge on any atom is -0.354 e. The van der Waals surface area contributed by atoms with Crippen LogP contribution in [0.15, 0.2) is 12.3 Å².